The van der Waals surface area contributed by atoms with E-state index in [1.807, 2.05) is 6.92 Å². The highest BCUT2D eigenvalue weighted by Crippen LogP contribution is 2.27. The zero-order valence-corrected chi connectivity index (χ0v) is 13.5. The molecule has 24 heavy (non-hydrogen) atoms. The maximum absolute atomic E-state index is 13.1. The highest BCUT2D eigenvalue weighted by Gasteiger charge is 2.28. The van der Waals surface area contributed by atoms with Gasteiger partial charge in [0.05, 0.1) is 18.3 Å². The lowest BCUT2D eigenvalue weighted by Gasteiger charge is -2.38. The quantitative estimate of drug-likeness (QED) is 0.930. The number of nitrogens with zero attached hydrogens (tertiary/aromatic N) is 1. The van der Waals surface area contributed by atoms with Crippen LogP contribution < -0.4 is 0 Å². The summed E-state index contributed by atoms with van der Waals surface area (Å²) in [4.78, 5) is 2.12. The van der Waals surface area contributed by atoms with Gasteiger partial charge >= 0.3 is 0 Å². The zero-order valence-electron chi connectivity index (χ0n) is 13.5. The van der Waals surface area contributed by atoms with Crippen molar-refractivity contribution in [3.8, 4) is 0 Å². The van der Waals surface area contributed by atoms with Crippen LogP contribution in [0.1, 0.15) is 30.3 Å². The van der Waals surface area contributed by atoms with Crippen LogP contribution in [-0.2, 0) is 4.74 Å². The number of aliphatic hydroxyl groups excluding tert-OH is 1. The van der Waals surface area contributed by atoms with Gasteiger partial charge in [0.15, 0.2) is 0 Å². The van der Waals surface area contributed by atoms with Gasteiger partial charge in [-0.25, -0.2) is 8.78 Å². The van der Waals surface area contributed by atoms with Crippen molar-refractivity contribution in [2.75, 3.05) is 19.6 Å². The molecule has 2 aromatic carbocycles. The first kappa shape index (κ1) is 17.0. The summed E-state index contributed by atoms with van der Waals surface area (Å²) in [5.41, 5.74) is 1.61. The molecule has 0 radical (unpaired) electrons. The molecule has 1 aliphatic rings. The highest BCUT2D eigenvalue weighted by atomic mass is 19.1. The minimum Gasteiger partial charge on any atom is -0.387 e. The normalized spacial score (nSPS) is 23.2. The van der Waals surface area contributed by atoms with Crippen LogP contribution in [0.3, 0.4) is 0 Å². The Morgan fingerprint density at radius 3 is 2.25 bits per heavy atom. The molecule has 0 aromatic heterocycles. The summed E-state index contributed by atoms with van der Waals surface area (Å²) in [6, 6.07) is 12.2. The molecule has 1 fully saturated rings. The van der Waals surface area contributed by atoms with Gasteiger partial charge < -0.3 is 9.84 Å². The Balaban J connectivity index is 1.66. The topological polar surface area (TPSA) is 32.7 Å². The lowest BCUT2D eigenvalue weighted by molar-refractivity contribution is -0.0870. The van der Waals surface area contributed by atoms with Gasteiger partial charge in [-0.1, -0.05) is 24.3 Å². The molecular weight excluding hydrogens is 312 g/mol. The molecule has 0 saturated carbocycles. The van der Waals surface area contributed by atoms with Crippen LogP contribution in [-0.4, -0.2) is 35.7 Å². The van der Waals surface area contributed by atoms with Gasteiger partial charge in [-0.3, -0.25) is 4.90 Å². The van der Waals surface area contributed by atoms with Gasteiger partial charge in [0, 0.05) is 19.6 Å². The Bertz CT molecular complexity index is 658. The Kier molecular flexibility index (Phi) is 5.23. The molecule has 0 spiro atoms. The largest absolute Gasteiger partial charge is 0.387 e. The van der Waals surface area contributed by atoms with Crippen molar-refractivity contribution < 1.29 is 18.6 Å². The van der Waals surface area contributed by atoms with E-state index in [1.165, 1.54) is 24.3 Å². The lowest BCUT2D eigenvalue weighted by Crippen LogP contribution is -2.44. The fourth-order valence-electron chi connectivity index (χ4n) is 3.08. The molecule has 2 aromatic rings. The van der Waals surface area contributed by atoms with Gasteiger partial charge in [0.2, 0.25) is 0 Å². The van der Waals surface area contributed by atoms with Crippen molar-refractivity contribution in [2.45, 2.75) is 25.2 Å². The van der Waals surface area contributed by atoms with E-state index in [9.17, 15) is 13.9 Å². The van der Waals surface area contributed by atoms with Crippen molar-refractivity contribution >= 4 is 0 Å². The molecular formula is C19H21F2NO2. The van der Waals surface area contributed by atoms with Gasteiger partial charge in [0.25, 0.3) is 0 Å². The van der Waals surface area contributed by atoms with Gasteiger partial charge in [0.1, 0.15) is 11.6 Å². The predicted molar refractivity (Wildman–Crippen MR) is 87.5 cm³/mol. The maximum atomic E-state index is 13.1. The molecule has 0 aliphatic carbocycles. The Labute approximate surface area is 140 Å². The van der Waals surface area contributed by atoms with E-state index < -0.39 is 6.10 Å². The van der Waals surface area contributed by atoms with E-state index in [0.717, 1.165) is 5.56 Å². The summed E-state index contributed by atoms with van der Waals surface area (Å²) in [6.45, 7) is 3.74. The second-order valence-corrected chi connectivity index (χ2v) is 6.27. The van der Waals surface area contributed by atoms with E-state index in [-0.39, 0.29) is 23.8 Å². The SMILES string of the molecule is CC1CN(CC(O)c2ccc(F)cc2)CC(c2ccc(F)cc2)O1. The third-order valence-corrected chi connectivity index (χ3v) is 4.26. The van der Waals surface area contributed by atoms with Gasteiger partial charge in [-0.2, -0.15) is 0 Å². The molecule has 0 bridgehead atoms. The predicted octanol–water partition coefficient (Wildman–Crippen LogP) is 3.46. The molecule has 128 valence electrons. The minimum absolute atomic E-state index is 0.00854. The number of hydrogen-bond acceptors (Lipinski definition) is 3. The summed E-state index contributed by atoms with van der Waals surface area (Å²) in [6.07, 6.45) is -0.839. The molecule has 1 N–H and O–H groups in total. The van der Waals surface area contributed by atoms with E-state index >= 15 is 0 Å². The van der Waals surface area contributed by atoms with Crippen LogP contribution in [0.2, 0.25) is 0 Å². The third kappa shape index (κ3) is 4.17. The molecule has 5 heteroatoms. The van der Waals surface area contributed by atoms with Crippen molar-refractivity contribution in [1.82, 2.24) is 4.90 Å². The molecule has 3 unspecified atom stereocenters. The van der Waals surface area contributed by atoms with Gasteiger partial charge in [-0.05, 0) is 42.3 Å². The number of halogens is 2. The summed E-state index contributed by atoms with van der Waals surface area (Å²) in [7, 11) is 0. The van der Waals surface area contributed by atoms with E-state index in [2.05, 4.69) is 4.90 Å². The summed E-state index contributed by atoms with van der Waals surface area (Å²) < 4.78 is 32.0. The Hall–Kier alpha value is -1.82. The summed E-state index contributed by atoms with van der Waals surface area (Å²) in [5, 5.41) is 10.4. The molecule has 3 nitrogen and oxygen atoms in total. The van der Waals surface area contributed by atoms with Crippen LogP contribution in [0, 0.1) is 11.6 Å². The minimum atomic E-state index is -0.690. The van der Waals surface area contributed by atoms with Crippen LogP contribution in [0.25, 0.3) is 0 Å². The first-order valence-corrected chi connectivity index (χ1v) is 8.08. The second kappa shape index (κ2) is 7.38. The average Bonchev–Trinajstić information content (AvgIpc) is 2.55. The molecule has 0 amide bonds. The van der Waals surface area contributed by atoms with Crippen LogP contribution in [0.5, 0.6) is 0 Å². The fraction of sp³-hybridized carbons (Fsp3) is 0.368. The fourth-order valence-corrected chi connectivity index (χ4v) is 3.08. The van der Waals surface area contributed by atoms with E-state index in [0.29, 0.717) is 25.2 Å². The smallest absolute Gasteiger partial charge is 0.123 e. The second-order valence-electron chi connectivity index (χ2n) is 6.27. The number of benzene rings is 2. The van der Waals surface area contributed by atoms with Gasteiger partial charge in [-0.15, -0.1) is 0 Å². The first-order valence-electron chi connectivity index (χ1n) is 8.08. The van der Waals surface area contributed by atoms with Crippen molar-refractivity contribution in [2.24, 2.45) is 0 Å². The van der Waals surface area contributed by atoms with Crippen molar-refractivity contribution in [3.63, 3.8) is 0 Å². The first-order chi connectivity index (χ1) is 11.5. The van der Waals surface area contributed by atoms with E-state index in [4.69, 9.17) is 4.74 Å². The van der Waals surface area contributed by atoms with Crippen LogP contribution in [0.4, 0.5) is 8.78 Å². The Morgan fingerprint density at radius 2 is 1.62 bits per heavy atom. The summed E-state index contributed by atoms with van der Waals surface area (Å²) >= 11 is 0. The number of rotatable bonds is 4. The average molecular weight is 333 g/mol. The van der Waals surface area contributed by atoms with Crippen molar-refractivity contribution in [1.29, 1.82) is 0 Å². The number of ether oxygens (including phenoxy) is 1. The van der Waals surface area contributed by atoms with E-state index in [1.54, 1.807) is 24.3 Å². The highest BCUT2D eigenvalue weighted by molar-refractivity contribution is 5.21. The number of hydrogen-bond donors (Lipinski definition) is 1. The zero-order chi connectivity index (χ0) is 17.1. The Morgan fingerprint density at radius 1 is 1.04 bits per heavy atom. The number of aliphatic hydroxyl groups is 1. The summed E-state index contributed by atoms with van der Waals surface area (Å²) in [5.74, 6) is -0.589. The molecule has 1 saturated heterocycles. The maximum Gasteiger partial charge on any atom is 0.123 e. The third-order valence-electron chi connectivity index (χ3n) is 4.26. The number of β-amino-alcohol motifs (C(OH)–C–C–N with tert-alkyl or cyclic N) is 1. The van der Waals surface area contributed by atoms with Crippen LogP contribution in [0.15, 0.2) is 48.5 Å². The lowest BCUT2D eigenvalue weighted by atomic mass is 10.0. The number of morpholine rings is 1. The molecule has 3 rings (SSSR count). The monoisotopic (exact) mass is 333 g/mol. The molecule has 3 atom stereocenters. The molecule has 1 heterocycles. The van der Waals surface area contributed by atoms with Crippen LogP contribution >= 0.6 is 0 Å². The van der Waals surface area contributed by atoms with Crippen molar-refractivity contribution in [3.05, 3.63) is 71.3 Å². The molecule has 1 aliphatic heterocycles. The standard InChI is InChI=1S/C19H21F2NO2/c1-13-10-22(11-18(23)14-2-6-16(20)7-3-14)12-19(24-13)15-4-8-17(21)9-5-15/h2-9,13,18-19,23H,10-12H2,1H3.